The van der Waals surface area contributed by atoms with E-state index in [0.717, 1.165) is 0 Å². The van der Waals surface area contributed by atoms with E-state index in [1.54, 1.807) is 0 Å². The van der Waals surface area contributed by atoms with E-state index in [9.17, 15) is 16.8 Å². The molecule has 0 aliphatic carbocycles. The van der Waals surface area contributed by atoms with Gasteiger partial charge in [0.1, 0.15) is 0 Å². The molecule has 9 heavy (non-hydrogen) atoms. The van der Waals surface area contributed by atoms with Gasteiger partial charge in [-0.15, -0.1) is 0 Å². The molecule has 0 aliphatic heterocycles. The molecule has 0 unspecified atom stereocenters. The average Bonchev–Trinajstić information content (AvgIpc) is 1.59. The molecule has 0 fully saturated rings. The van der Waals surface area contributed by atoms with Gasteiger partial charge in [0.15, 0.2) is 5.88 Å². The zero-order valence-corrected chi connectivity index (χ0v) is 5.68. The highest BCUT2D eigenvalue weighted by atomic mass is 32.2. The second-order valence-corrected chi connectivity index (χ2v) is 3.17. The van der Waals surface area contributed by atoms with Gasteiger partial charge < -0.3 is 0 Å². The second-order valence-electron chi connectivity index (χ2n) is 1.06. The zero-order valence-electron chi connectivity index (χ0n) is 4.05. The Balaban J connectivity index is 4.29. The fourth-order valence-corrected chi connectivity index (χ4v) is 0.987. The standard InChI is InChI=1S/CH3NO5S2/c3-8(4)2-1-9(5,6)7/h1H2,(H,5,6,7). The van der Waals surface area contributed by atoms with Crippen molar-refractivity contribution in [2.75, 3.05) is 5.88 Å². The Morgan fingerprint density at radius 1 is 1.44 bits per heavy atom. The summed E-state index contributed by atoms with van der Waals surface area (Å²) in [6, 6.07) is 0. The summed E-state index contributed by atoms with van der Waals surface area (Å²) in [5.74, 6) is -1.11. The third-order valence-electron chi connectivity index (χ3n) is 0.321. The van der Waals surface area contributed by atoms with Gasteiger partial charge in [0, 0.05) is 0 Å². The number of nitrogens with zero attached hydrogens (tertiary/aromatic N) is 1. The van der Waals surface area contributed by atoms with E-state index < -0.39 is 26.5 Å². The van der Waals surface area contributed by atoms with Crippen LogP contribution in [0.3, 0.4) is 0 Å². The van der Waals surface area contributed by atoms with Gasteiger partial charge >= 0.3 is 10.5 Å². The van der Waals surface area contributed by atoms with Crippen LogP contribution >= 0.6 is 0 Å². The molecule has 0 saturated heterocycles. The maximum atomic E-state index is 9.72. The molecule has 8 heteroatoms. The van der Waals surface area contributed by atoms with Crippen LogP contribution in [0.15, 0.2) is 4.36 Å². The number of rotatable bonds is 2. The summed E-state index contributed by atoms with van der Waals surface area (Å²) in [6.07, 6.45) is 0. The topological polar surface area (TPSA) is 101 Å². The van der Waals surface area contributed by atoms with Crippen LogP contribution < -0.4 is 0 Å². The van der Waals surface area contributed by atoms with Crippen molar-refractivity contribution in [3.63, 3.8) is 0 Å². The molecule has 0 heterocycles. The monoisotopic (exact) mass is 173 g/mol. The smallest absolute Gasteiger partial charge is 0.284 e. The Morgan fingerprint density at radius 2 is 1.89 bits per heavy atom. The van der Waals surface area contributed by atoms with E-state index in [1.165, 1.54) is 0 Å². The van der Waals surface area contributed by atoms with E-state index in [0.29, 0.717) is 0 Å². The quantitative estimate of drug-likeness (QED) is 0.534. The lowest BCUT2D eigenvalue weighted by Gasteiger charge is -1.80. The Hall–Kier alpha value is -0.470. The lowest BCUT2D eigenvalue weighted by molar-refractivity contribution is 0.483. The molecular formula is CH3NO5S2. The summed E-state index contributed by atoms with van der Waals surface area (Å²) < 4.78 is 48.8. The van der Waals surface area contributed by atoms with E-state index in [4.69, 9.17) is 4.55 Å². The van der Waals surface area contributed by atoms with Gasteiger partial charge in [-0.25, -0.2) is 0 Å². The summed E-state index contributed by atoms with van der Waals surface area (Å²) >= 11 is 0. The molecule has 0 spiro atoms. The SMILES string of the molecule is O=S(=O)=NCS(=O)(=O)O. The molecule has 0 radical (unpaired) electrons. The molecule has 0 aromatic rings. The molecule has 0 aromatic heterocycles. The lowest BCUT2D eigenvalue weighted by atomic mass is 11.6. The van der Waals surface area contributed by atoms with E-state index in [1.807, 2.05) is 0 Å². The molecule has 0 rings (SSSR count). The van der Waals surface area contributed by atoms with Crippen LogP contribution in [-0.2, 0) is 20.6 Å². The maximum absolute atomic E-state index is 9.72. The van der Waals surface area contributed by atoms with Gasteiger partial charge in [-0.2, -0.15) is 21.2 Å². The minimum Gasteiger partial charge on any atom is -0.284 e. The lowest BCUT2D eigenvalue weighted by Crippen LogP contribution is -1.99. The van der Waals surface area contributed by atoms with Crippen LogP contribution in [0.1, 0.15) is 0 Å². The van der Waals surface area contributed by atoms with Crippen LogP contribution in [0.5, 0.6) is 0 Å². The molecule has 0 saturated carbocycles. The molecule has 0 bridgehead atoms. The normalized spacial score (nSPS) is 10.8. The molecule has 1 N–H and O–H groups in total. The summed E-state index contributed by atoms with van der Waals surface area (Å²) in [7, 11) is -7.06. The van der Waals surface area contributed by atoms with Crippen LogP contribution in [-0.4, -0.2) is 27.3 Å². The van der Waals surface area contributed by atoms with Gasteiger partial charge in [-0.05, 0) is 0 Å². The van der Waals surface area contributed by atoms with Crippen molar-refractivity contribution >= 4 is 20.6 Å². The molecule has 54 valence electrons. The highest BCUT2D eigenvalue weighted by molar-refractivity contribution is 7.86. The fourth-order valence-electron chi connectivity index (χ4n) is 0.110. The average molecular weight is 173 g/mol. The molecule has 0 amide bonds. The molecule has 0 atom stereocenters. The fraction of sp³-hybridized carbons (Fsp3) is 1.00. The minimum absolute atomic E-state index is 1.11. The van der Waals surface area contributed by atoms with E-state index >= 15 is 0 Å². The summed E-state index contributed by atoms with van der Waals surface area (Å²) in [6.45, 7) is 0. The van der Waals surface area contributed by atoms with E-state index in [-0.39, 0.29) is 0 Å². The Bertz CT molecular complexity index is 286. The first-order valence-corrected chi connectivity index (χ1v) is 4.28. The van der Waals surface area contributed by atoms with Gasteiger partial charge in [0.2, 0.25) is 0 Å². The highest BCUT2D eigenvalue weighted by Gasteiger charge is 2.00. The molecule has 0 aliphatic rings. The Morgan fingerprint density at radius 3 is 2.00 bits per heavy atom. The Labute approximate surface area is 53.0 Å². The highest BCUT2D eigenvalue weighted by Crippen LogP contribution is 1.80. The summed E-state index contributed by atoms with van der Waals surface area (Å²) in [5.41, 5.74) is 0. The van der Waals surface area contributed by atoms with Crippen molar-refractivity contribution in [1.82, 2.24) is 0 Å². The first kappa shape index (κ1) is 8.53. The summed E-state index contributed by atoms with van der Waals surface area (Å²) in [5, 5.41) is 0. The Kier molecular flexibility index (Phi) is 2.74. The van der Waals surface area contributed by atoms with Gasteiger partial charge in [-0.1, -0.05) is 0 Å². The van der Waals surface area contributed by atoms with Crippen molar-refractivity contribution in [2.45, 2.75) is 0 Å². The van der Waals surface area contributed by atoms with Gasteiger partial charge in [0.25, 0.3) is 10.1 Å². The predicted octanol–water partition coefficient (Wildman–Crippen LogP) is -1.11. The first-order valence-electron chi connectivity index (χ1n) is 1.64. The van der Waals surface area contributed by atoms with Crippen molar-refractivity contribution in [3.05, 3.63) is 0 Å². The zero-order chi connectivity index (χ0) is 7.49. The largest absolute Gasteiger partial charge is 0.312 e. The van der Waals surface area contributed by atoms with Crippen LogP contribution in [0.2, 0.25) is 0 Å². The third kappa shape index (κ3) is 7.53. The first-order chi connectivity index (χ1) is 3.92. The predicted molar refractivity (Wildman–Crippen MR) is 27.8 cm³/mol. The van der Waals surface area contributed by atoms with Crippen molar-refractivity contribution in [2.24, 2.45) is 4.36 Å². The third-order valence-corrected chi connectivity index (χ3v) is 1.28. The maximum Gasteiger partial charge on any atom is 0.312 e. The van der Waals surface area contributed by atoms with E-state index in [2.05, 4.69) is 4.36 Å². The molecular weight excluding hydrogens is 170 g/mol. The summed E-state index contributed by atoms with van der Waals surface area (Å²) in [4.78, 5) is 0. The number of hydrogen-bond acceptors (Lipinski definition) is 5. The number of hydrogen-bond donors (Lipinski definition) is 1. The van der Waals surface area contributed by atoms with Crippen molar-refractivity contribution in [1.29, 1.82) is 0 Å². The van der Waals surface area contributed by atoms with Crippen LogP contribution in [0.4, 0.5) is 0 Å². The second kappa shape index (κ2) is 2.90. The van der Waals surface area contributed by atoms with Crippen molar-refractivity contribution in [3.8, 4) is 0 Å². The van der Waals surface area contributed by atoms with Crippen molar-refractivity contribution < 1.29 is 21.4 Å². The minimum atomic E-state index is -4.28. The molecule has 0 aromatic carbocycles. The van der Waals surface area contributed by atoms with Crippen LogP contribution in [0, 0.1) is 0 Å². The van der Waals surface area contributed by atoms with Gasteiger partial charge in [-0.3, -0.25) is 4.55 Å². The van der Waals surface area contributed by atoms with Gasteiger partial charge in [0.05, 0.1) is 0 Å². The van der Waals surface area contributed by atoms with Crippen LogP contribution in [0.25, 0.3) is 0 Å². The molecule has 6 nitrogen and oxygen atoms in total.